The summed E-state index contributed by atoms with van der Waals surface area (Å²) in [7, 11) is 0. The maximum atomic E-state index is 12.8. The lowest BCUT2D eigenvalue weighted by Gasteiger charge is -2.25. The molecule has 0 aliphatic heterocycles. The summed E-state index contributed by atoms with van der Waals surface area (Å²) in [4.78, 5) is 30.0. The van der Waals surface area contributed by atoms with Crippen molar-refractivity contribution in [2.24, 2.45) is 0 Å². The Balaban J connectivity index is 1.83. The van der Waals surface area contributed by atoms with Crippen LogP contribution in [0.25, 0.3) is 21.5 Å². The van der Waals surface area contributed by atoms with Crippen LogP contribution in [0.3, 0.4) is 0 Å². The monoisotopic (exact) mass is 336 g/mol. The summed E-state index contributed by atoms with van der Waals surface area (Å²) in [6, 6.07) is 11.3. The first-order valence-corrected chi connectivity index (χ1v) is 8.78. The SMILES string of the molecule is Cc1ccc2nc(-c3cccs3)cc(C(=O)NC3CCC3=O)c2c1. The second-order valence-electron chi connectivity index (χ2n) is 6.08. The predicted octanol–water partition coefficient (Wildman–Crippen LogP) is 3.73. The van der Waals surface area contributed by atoms with E-state index in [0.717, 1.165) is 33.5 Å². The van der Waals surface area contributed by atoms with Crippen LogP contribution in [0.1, 0.15) is 28.8 Å². The van der Waals surface area contributed by atoms with Gasteiger partial charge in [-0.3, -0.25) is 9.59 Å². The Morgan fingerprint density at radius 3 is 2.83 bits per heavy atom. The van der Waals surface area contributed by atoms with Crippen LogP contribution in [0.4, 0.5) is 0 Å². The van der Waals surface area contributed by atoms with Crippen molar-refractivity contribution in [3.63, 3.8) is 0 Å². The number of rotatable bonds is 3. The Morgan fingerprint density at radius 2 is 2.17 bits per heavy atom. The van der Waals surface area contributed by atoms with Crippen molar-refractivity contribution in [1.29, 1.82) is 0 Å². The van der Waals surface area contributed by atoms with Crippen molar-refractivity contribution in [3.8, 4) is 10.6 Å². The lowest BCUT2D eigenvalue weighted by Crippen LogP contribution is -2.47. The summed E-state index contributed by atoms with van der Waals surface area (Å²) in [5.74, 6) is -0.0970. The van der Waals surface area contributed by atoms with Crippen molar-refractivity contribution in [3.05, 3.63) is 52.9 Å². The molecule has 1 unspecified atom stereocenters. The minimum atomic E-state index is -0.337. The Bertz CT molecular complexity index is 947. The molecule has 1 atom stereocenters. The fourth-order valence-corrected chi connectivity index (χ4v) is 3.56. The molecule has 2 aromatic heterocycles. The summed E-state index contributed by atoms with van der Waals surface area (Å²) in [5.41, 5.74) is 3.22. The molecule has 1 fully saturated rings. The first kappa shape index (κ1) is 15.0. The van der Waals surface area contributed by atoms with Crippen molar-refractivity contribution in [2.45, 2.75) is 25.8 Å². The molecular weight excluding hydrogens is 320 g/mol. The van der Waals surface area contributed by atoms with Gasteiger partial charge in [0.2, 0.25) is 0 Å². The summed E-state index contributed by atoms with van der Waals surface area (Å²) < 4.78 is 0. The van der Waals surface area contributed by atoms with Gasteiger partial charge in [0.1, 0.15) is 0 Å². The Morgan fingerprint density at radius 1 is 1.29 bits per heavy atom. The average Bonchev–Trinajstić information content (AvgIpc) is 3.11. The second-order valence-corrected chi connectivity index (χ2v) is 7.03. The van der Waals surface area contributed by atoms with E-state index < -0.39 is 0 Å². The Kier molecular flexibility index (Phi) is 3.65. The highest BCUT2D eigenvalue weighted by Gasteiger charge is 2.30. The van der Waals surface area contributed by atoms with E-state index >= 15 is 0 Å². The summed E-state index contributed by atoms with van der Waals surface area (Å²) >= 11 is 1.59. The number of amides is 1. The lowest BCUT2D eigenvalue weighted by atomic mass is 9.91. The van der Waals surface area contributed by atoms with Gasteiger partial charge in [-0.05, 0) is 43.0 Å². The maximum Gasteiger partial charge on any atom is 0.252 e. The quantitative estimate of drug-likeness (QED) is 0.793. The van der Waals surface area contributed by atoms with E-state index in [2.05, 4.69) is 5.32 Å². The first-order chi connectivity index (χ1) is 11.6. The van der Waals surface area contributed by atoms with Gasteiger partial charge in [-0.2, -0.15) is 0 Å². The van der Waals surface area contributed by atoms with Crippen LogP contribution < -0.4 is 5.32 Å². The molecule has 2 heterocycles. The molecule has 0 spiro atoms. The summed E-state index contributed by atoms with van der Waals surface area (Å²) in [5, 5.41) is 5.66. The smallest absolute Gasteiger partial charge is 0.252 e. The summed E-state index contributed by atoms with van der Waals surface area (Å²) in [6.07, 6.45) is 1.28. The fraction of sp³-hybridized carbons (Fsp3) is 0.211. The van der Waals surface area contributed by atoms with Gasteiger partial charge in [0.15, 0.2) is 5.78 Å². The number of fused-ring (bicyclic) bond motifs is 1. The number of carbonyl (C=O) groups excluding carboxylic acids is 2. The Labute approximate surface area is 143 Å². The molecule has 1 aliphatic carbocycles. The van der Waals surface area contributed by atoms with Crippen molar-refractivity contribution >= 4 is 33.9 Å². The van der Waals surface area contributed by atoms with E-state index in [4.69, 9.17) is 4.98 Å². The normalized spacial score (nSPS) is 16.9. The largest absolute Gasteiger partial charge is 0.342 e. The molecule has 3 aromatic rings. The van der Waals surface area contributed by atoms with Gasteiger partial charge in [0.25, 0.3) is 5.91 Å². The van der Waals surface area contributed by atoms with E-state index in [1.54, 1.807) is 11.3 Å². The van der Waals surface area contributed by atoms with Crippen molar-refractivity contribution < 1.29 is 9.59 Å². The van der Waals surface area contributed by atoms with Crippen LogP contribution in [-0.2, 0) is 4.79 Å². The van der Waals surface area contributed by atoms with Crippen LogP contribution in [0.2, 0.25) is 0 Å². The minimum absolute atomic E-state index is 0.108. The third kappa shape index (κ3) is 2.61. The maximum absolute atomic E-state index is 12.8. The molecule has 1 amide bonds. The third-order valence-electron chi connectivity index (χ3n) is 4.36. The molecule has 1 aromatic carbocycles. The van der Waals surface area contributed by atoms with Crippen LogP contribution in [0.5, 0.6) is 0 Å². The molecule has 1 aliphatic rings. The zero-order valence-corrected chi connectivity index (χ0v) is 14.0. The number of ketones is 1. The lowest BCUT2D eigenvalue weighted by molar-refractivity contribution is -0.126. The van der Waals surface area contributed by atoms with Gasteiger partial charge in [0.05, 0.1) is 27.7 Å². The number of carbonyl (C=O) groups is 2. The van der Waals surface area contributed by atoms with Crippen LogP contribution >= 0.6 is 11.3 Å². The summed E-state index contributed by atoms with van der Waals surface area (Å²) in [6.45, 7) is 1.99. The van der Waals surface area contributed by atoms with E-state index in [0.29, 0.717) is 12.0 Å². The van der Waals surface area contributed by atoms with Gasteiger partial charge in [-0.1, -0.05) is 17.7 Å². The number of nitrogens with one attached hydrogen (secondary N) is 1. The fourth-order valence-electron chi connectivity index (χ4n) is 2.87. The molecule has 24 heavy (non-hydrogen) atoms. The number of nitrogens with zero attached hydrogens (tertiary/aromatic N) is 1. The van der Waals surface area contributed by atoms with Crippen molar-refractivity contribution in [2.75, 3.05) is 0 Å². The number of aromatic nitrogens is 1. The highest BCUT2D eigenvalue weighted by Crippen LogP contribution is 2.28. The molecule has 1 N–H and O–H groups in total. The van der Waals surface area contributed by atoms with E-state index in [-0.39, 0.29) is 17.7 Å². The topological polar surface area (TPSA) is 59.1 Å². The van der Waals surface area contributed by atoms with Crippen LogP contribution in [0.15, 0.2) is 41.8 Å². The molecule has 5 heteroatoms. The third-order valence-corrected chi connectivity index (χ3v) is 5.25. The molecule has 4 rings (SSSR count). The van der Waals surface area contributed by atoms with E-state index in [1.807, 2.05) is 48.7 Å². The van der Waals surface area contributed by atoms with Gasteiger partial charge >= 0.3 is 0 Å². The van der Waals surface area contributed by atoms with Gasteiger partial charge in [-0.25, -0.2) is 4.98 Å². The number of pyridine rings is 1. The standard InChI is InChI=1S/C19H16N2O2S/c1-11-4-5-14-12(9-11)13(19(23)21-15-6-7-17(15)22)10-16(20-14)18-3-2-8-24-18/h2-5,8-10,15H,6-7H2,1H3,(H,21,23). The molecule has 120 valence electrons. The molecule has 0 saturated heterocycles. The van der Waals surface area contributed by atoms with Crippen LogP contribution in [-0.4, -0.2) is 22.7 Å². The number of Topliss-reactive ketones (excluding diaryl/α,β-unsaturated/α-hetero) is 1. The van der Waals surface area contributed by atoms with Gasteiger partial charge in [0, 0.05) is 11.8 Å². The zero-order valence-electron chi connectivity index (χ0n) is 13.2. The molecular formula is C19H16N2O2S. The van der Waals surface area contributed by atoms with Crippen LogP contribution in [0, 0.1) is 6.92 Å². The van der Waals surface area contributed by atoms with E-state index in [1.165, 1.54) is 0 Å². The van der Waals surface area contributed by atoms with Gasteiger partial charge < -0.3 is 5.32 Å². The average molecular weight is 336 g/mol. The zero-order chi connectivity index (χ0) is 16.7. The van der Waals surface area contributed by atoms with Crippen molar-refractivity contribution in [1.82, 2.24) is 10.3 Å². The number of hydrogen-bond donors (Lipinski definition) is 1. The number of aryl methyl sites for hydroxylation is 1. The molecule has 0 radical (unpaired) electrons. The molecule has 1 saturated carbocycles. The predicted molar refractivity (Wildman–Crippen MR) is 95.3 cm³/mol. The number of thiophene rings is 1. The number of hydrogen-bond acceptors (Lipinski definition) is 4. The number of benzene rings is 1. The first-order valence-electron chi connectivity index (χ1n) is 7.91. The second kappa shape index (κ2) is 5.83. The molecule has 0 bridgehead atoms. The molecule has 4 nitrogen and oxygen atoms in total. The van der Waals surface area contributed by atoms with E-state index in [9.17, 15) is 9.59 Å². The van der Waals surface area contributed by atoms with Gasteiger partial charge in [-0.15, -0.1) is 11.3 Å². The minimum Gasteiger partial charge on any atom is -0.342 e. The Hall–Kier alpha value is -2.53. The highest BCUT2D eigenvalue weighted by molar-refractivity contribution is 7.13. The highest BCUT2D eigenvalue weighted by atomic mass is 32.1.